The smallest absolute Gasteiger partial charge is 0.271 e. The van der Waals surface area contributed by atoms with E-state index in [-0.39, 0.29) is 12.0 Å². The molecule has 0 saturated heterocycles. The summed E-state index contributed by atoms with van der Waals surface area (Å²) in [5.41, 5.74) is 6.54. The van der Waals surface area contributed by atoms with Crippen LogP contribution in [0.2, 0.25) is 0 Å². The normalized spacial score (nSPS) is 10.9. The fraction of sp³-hybridized carbons (Fsp3) is 0.100. The molecule has 2 aromatic carbocycles. The van der Waals surface area contributed by atoms with Gasteiger partial charge >= 0.3 is 0 Å². The van der Waals surface area contributed by atoms with Gasteiger partial charge in [0.05, 0.1) is 17.3 Å². The molecule has 0 bridgehead atoms. The first-order chi connectivity index (χ1) is 13.5. The van der Waals surface area contributed by atoms with Crippen LogP contribution in [0.1, 0.15) is 10.4 Å². The van der Waals surface area contributed by atoms with Gasteiger partial charge in [-0.25, -0.2) is 0 Å². The summed E-state index contributed by atoms with van der Waals surface area (Å²) in [6.07, 6.45) is 2.88. The molecular weight excluding hydrogens is 358 g/mol. The van der Waals surface area contributed by atoms with Gasteiger partial charge in [-0.05, 0) is 18.2 Å². The SMILES string of the molecule is Cn1cc(C(=O)NNC(=O)Cn2ncc(=O)c3ccccc32)c2ccccc21. The molecule has 4 rings (SSSR count). The molecule has 0 atom stereocenters. The predicted molar refractivity (Wildman–Crippen MR) is 105 cm³/mol. The second-order valence-corrected chi connectivity index (χ2v) is 6.36. The van der Waals surface area contributed by atoms with E-state index in [1.54, 1.807) is 30.5 Å². The Labute approximate surface area is 159 Å². The number of hydrogen-bond acceptors (Lipinski definition) is 4. The van der Waals surface area contributed by atoms with E-state index in [2.05, 4.69) is 16.0 Å². The zero-order chi connectivity index (χ0) is 19.7. The lowest BCUT2D eigenvalue weighted by molar-refractivity contribution is -0.122. The van der Waals surface area contributed by atoms with Gasteiger partial charge < -0.3 is 4.57 Å². The minimum absolute atomic E-state index is 0.142. The molecule has 0 spiro atoms. The molecule has 28 heavy (non-hydrogen) atoms. The predicted octanol–water partition coefficient (Wildman–Crippen LogP) is 1.35. The highest BCUT2D eigenvalue weighted by atomic mass is 16.2. The van der Waals surface area contributed by atoms with E-state index in [9.17, 15) is 14.4 Å². The number of hydrogen-bond donors (Lipinski definition) is 2. The molecule has 2 N–H and O–H groups in total. The van der Waals surface area contributed by atoms with Crippen LogP contribution in [0, 0.1) is 0 Å². The molecule has 0 saturated carbocycles. The molecule has 0 aliphatic carbocycles. The summed E-state index contributed by atoms with van der Waals surface area (Å²) in [4.78, 5) is 36.6. The average molecular weight is 375 g/mol. The van der Waals surface area contributed by atoms with Gasteiger partial charge in [-0.2, -0.15) is 5.10 Å². The lowest BCUT2D eigenvalue weighted by Crippen LogP contribution is -2.43. The van der Waals surface area contributed by atoms with Crippen molar-refractivity contribution in [1.82, 2.24) is 25.2 Å². The number of amides is 2. The lowest BCUT2D eigenvalue weighted by Gasteiger charge is -2.10. The minimum Gasteiger partial charge on any atom is -0.350 e. The Morgan fingerprint density at radius 3 is 2.43 bits per heavy atom. The quantitative estimate of drug-likeness (QED) is 0.528. The molecule has 2 aromatic heterocycles. The van der Waals surface area contributed by atoms with E-state index >= 15 is 0 Å². The van der Waals surface area contributed by atoms with Crippen molar-refractivity contribution in [2.24, 2.45) is 7.05 Å². The summed E-state index contributed by atoms with van der Waals surface area (Å²) in [5.74, 6) is -0.877. The highest BCUT2D eigenvalue weighted by Crippen LogP contribution is 2.19. The van der Waals surface area contributed by atoms with E-state index in [0.29, 0.717) is 16.5 Å². The Hall–Kier alpha value is -3.94. The van der Waals surface area contributed by atoms with E-state index in [1.807, 2.05) is 35.9 Å². The van der Waals surface area contributed by atoms with Crippen molar-refractivity contribution < 1.29 is 9.59 Å². The molecule has 4 aromatic rings. The molecule has 8 heteroatoms. The number of carbonyl (C=O) groups is 2. The fourth-order valence-electron chi connectivity index (χ4n) is 3.18. The number of benzene rings is 2. The van der Waals surface area contributed by atoms with Crippen molar-refractivity contribution in [2.75, 3.05) is 0 Å². The molecule has 2 amide bonds. The number of nitrogens with one attached hydrogen (secondary N) is 2. The monoisotopic (exact) mass is 375 g/mol. The average Bonchev–Trinajstić information content (AvgIpc) is 3.06. The van der Waals surface area contributed by atoms with Crippen LogP contribution in [0.15, 0.2) is 65.7 Å². The standard InChI is InChI=1S/C20H17N5O3/c1-24-11-15(13-6-2-4-8-16(13)24)20(28)23-22-19(27)12-25-17-9-5-3-7-14(17)18(26)10-21-25/h2-11H,12H2,1H3,(H,22,27)(H,23,28). The summed E-state index contributed by atoms with van der Waals surface area (Å²) < 4.78 is 3.26. The number of hydrazine groups is 1. The Bertz CT molecular complexity index is 1270. The molecule has 2 heterocycles. The number of fused-ring (bicyclic) bond motifs is 2. The van der Waals surface area contributed by atoms with Gasteiger partial charge in [-0.3, -0.25) is 29.9 Å². The van der Waals surface area contributed by atoms with Crippen LogP contribution >= 0.6 is 0 Å². The van der Waals surface area contributed by atoms with Gasteiger partial charge in [0.15, 0.2) is 0 Å². The Kier molecular flexibility index (Phi) is 4.36. The second kappa shape index (κ2) is 6.99. The molecular formula is C20H17N5O3. The van der Waals surface area contributed by atoms with E-state index in [0.717, 1.165) is 10.9 Å². The third-order valence-electron chi connectivity index (χ3n) is 4.51. The van der Waals surface area contributed by atoms with Crippen molar-refractivity contribution in [3.63, 3.8) is 0 Å². The first kappa shape index (κ1) is 17.5. The van der Waals surface area contributed by atoms with Gasteiger partial charge in [0.1, 0.15) is 6.54 Å². The fourth-order valence-corrected chi connectivity index (χ4v) is 3.18. The molecule has 0 aliphatic rings. The van der Waals surface area contributed by atoms with E-state index in [1.165, 1.54) is 10.9 Å². The molecule has 0 fully saturated rings. The second-order valence-electron chi connectivity index (χ2n) is 6.36. The van der Waals surface area contributed by atoms with Gasteiger partial charge in [-0.15, -0.1) is 0 Å². The maximum Gasteiger partial charge on any atom is 0.271 e. The highest BCUT2D eigenvalue weighted by molar-refractivity contribution is 6.07. The van der Waals surface area contributed by atoms with Crippen LogP contribution < -0.4 is 16.3 Å². The van der Waals surface area contributed by atoms with Crippen LogP contribution in [0.4, 0.5) is 0 Å². The number of para-hydroxylation sites is 2. The van der Waals surface area contributed by atoms with Gasteiger partial charge in [0.2, 0.25) is 5.43 Å². The molecule has 0 radical (unpaired) electrons. The number of aromatic nitrogens is 3. The van der Waals surface area contributed by atoms with E-state index in [4.69, 9.17) is 0 Å². The maximum absolute atomic E-state index is 12.5. The van der Waals surface area contributed by atoms with Crippen molar-refractivity contribution in [3.8, 4) is 0 Å². The van der Waals surface area contributed by atoms with Crippen LogP contribution in [0.5, 0.6) is 0 Å². The minimum atomic E-state index is -0.463. The molecule has 8 nitrogen and oxygen atoms in total. The molecule has 0 unspecified atom stereocenters. The third kappa shape index (κ3) is 3.11. The van der Waals surface area contributed by atoms with Crippen LogP contribution in [-0.2, 0) is 18.4 Å². The highest BCUT2D eigenvalue weighted by Gasteiger charge is 2.15. The summed E-state index contributed by atoms with van der Waals surface area (Å²) in [5, 5.41) is 5.28. The Morgan fingerprint density at radius 1 is 0.964 bits per heavy atom. The molecule has 140 valence electrons. The summed E-state index contributed by atoms with van der Waals surface area (Å²) >= 11 is 0. The summed E-state index contributed by atoms with van der Waals surface area (Å²) in [6, 6.07) is 14.4. The zero-order valence-corrected chi connectivity index (χ0v) is 15.0. The van der Waals surface area contributed by atoms with Crippen LogP contribution in [0.25, 0.3) is 21.8 Å². The summed E-state index contributed by atoms with van der Waals surface area (Å²) in [7, 11) is 1.85. The first-order valence-electron chi connectivity index (χ1n) is 8.63. The molecule has 0 aliphatic heterocycles. The largest absolute Gasteiger partial charge is 0.350 e. The Morgan fingerprint density at radius 2 is 1.64 bits per heavy atom. The van der Waals surface area contributed by atoms with Crippen molar-refractivity contribution in [1.29, 1.82) is 0 Å². The third-order valence-corrected chi connectivity index (χ3v) is 4.51. The van der Waals surface area contributed by atoms with Gasteiger partial charge in [0.25, 0.3) is 11.8 Å². The maximum atomic E-state index is 12.5. The van der Waals surface area contributed by atoms with Crippen LogP contribution in [0.3, 0.4) is 0 Å². The number of aryl methyl sites for hydroxylation is 1. The number of rotatable bonds is 3. The first-order valence-corrected chi connectivity index (χ1v) is 8.63. The zero-order valence-electron chi connectivity index (χ0n) is 15.0. The van der Waals surface area contributed by atoms with Crippen molar-refractivity contribution >= 4 is 33.6 Å². The Balaban J connectivity index is 1.48. The van der Waals surface area contributed by atoms with Crippen LogP contribution in [-0.4, -0.2) is 26.2 Å². The van der Waals surface area contributed by atoms with Gasteiger partial charge in [-0.1, -0.05) is 30.3 Å². The van der Waals surface area contributed by atoms with Crippen molar-refractivity contribution in [2.45, 2.75) is 6.54 Å². The number of nitrogens with zero attached hydrogens (tertiary/aromatic N) is 3. The topological polar surface area (TPSA) is 98.0 Å². The van der Waals surface area contributed by atoms with Gasteiger partial charge in [0, 0.05) is 29.5 Å². The lowest BCUT2D eigenvalue weighted by atomic mass is 10.2. The summed E-state index contributed by atoms with van der Waals surface area (Å²) in [6.45, 7) is -0.142. The van der Waals surface area contributed by atoms with E-state index < -0.39 is 11.8 Å². The van der Waals surface area contributed by atoms with Crippen molar-refractivity contribution in [3.05, 3.63) is 76.7 Å². The number of carbonyl (C=O) groups excluding carboxylic acids is 2.